The number of rotatable bonds is 7. The quantitative estimate of drug-likeness (QED) is 0.708. The lowest BCUT2D eigenvalue weighted by atomic mass is 10.3. The minimum Gasteiger partial charge on any atom is -0.477 e. The molecule has 8 nitrogen and oxygen atoms in total. The summed E-state index contributed by atoms with van der Waals surface area (Å²) in [6.07, 6.45) is 2.45. The zero-order valence-electron chi connectivity index (χ0n) is 12.0. The molecule has 0 saturated heterocycles. The number of hydrogen-bond acceptors (Lipinski definition) is 7. The summed E-state index contributed by atoms with van der Waals surface area (Å²) in [4.78, 5) is 16.1. The number of pyridine rings is 1. The molecule has 0 unspecified atom stereocenters. The molecule has 0 aliphatic carbocycles. The van der Waals surface area contributed by atoms with E-state index in [0.717, 1.165) is 6.42 Å². The molecule has 0 aliphatic rings. The molecule has 8 heteroatoms. The van der Waals surface area contributed by atoms with E-state index in [1.165, 1.54) is 0 Å². The number of hydrogen-bond donors (Lipinski definition) is 0. The predicted octanol–water partition coefficient (Wildman–Crippen LogP) is 1.23. The van der Waals surface area contributed by atoms with E-state index < -0.39 is 5.97 Å². The van der Waals surface area contributed by atoms with Gasteiger partial charge in [-0.2, -0.15) is 0 Å². The van der Waals surface area contributed by atoms with E-state index in [1.54, 1.807) is 23.0 Å². The molecular formula is C13H17N5O3. The summed E-state index contributed by atoms with van der Waals surface area (Å²) in [5.74, 6) is 0.253. The summed E-state index contributed by atoms with van der Waals surface area (Å²) >= 11 is 0. The Balaban J connectivity index is 2.03. The summed E-state index contributed by atoms with van der Waals surface area (Å²) in [6, 6.07) is 3.26. The van der Waals surface area contributed by atoms with Crippen LogP contribution in [0.4, 0.5) is 0 Å². The SMILES string of the molecule is CCCn1nnnc1COC(=O)c1cccnc1OCC. The Morgan fingerprint density at radius 3 is 3.00 bits per heavy atom. The summed E-state index contributed by atoms with van der Waals surface area (Å²) in [5.41, 5.74) is 0.286. The van der Waals surface area contributed by atoms with Crippen LogP contribution in [0.25, 0.3) is 0 Å². The van der Waals surface area contributed by atoms with Gasteiger partial charge in [-0.1, -0.05) is 6.92 Å². The highest BCUT2D eigenvalue weighted by Gasteiger charge is 2.16. The number of esters is 1. The molecule has 2 rings (SSSR count). The zero-order valence-corrected chi connectivity index (χ0v) is 12.0. The second-order valence-corrected chi connectivity index (χ2v) is 4.18. The van der Waals surface area contributed by atoms with Crippen LogP contribution in [0.3, 0.4) is 0 Å². The highest BCUT2D eigenvalue weighted by atomic mass is 16.5. The number of nitrogens with zero attached hydrogens (tertiary/aromatic N) is 5. The van der Waals surface area contributed by atoms with E-state index in [2.05, 4.69) is 20.5 Å². The molecule has 0 bridgehead atoms. The fraction of sp³-hybridized carbons (Fsp3) is 0.462. The highest BCUT2D eigenvalue weighted by molar-refractivity contribution is 5.91. The molecule has 0 spiro atoms. The Morgan fingerprint density at radius 1 is 1.38 bits per heavy atom. The first-order chi connectivity index (χ1) is 10.3. The fourth-order valence-corrected chi connectivity index (χ4v) is 1.72. The molecule has 112 valence electrons. The molecule has 0 amide bonds. The van der Waals surface area contributed by atoms with Gasteiger partial charge >= 0.3 is 5.97 Å². The Kier molecular flexibility index (Phi) is 5.19. The number of aryl methyl sites for hydroxylation is 1. The summed E-state index contributed by atoms with van der Waals surface area (Å²) in [6.45, 7) is 4.94. The molecule has 2 aromatic heterocycles. The van der Waals surface area contributed by atoms with Crippen molar-refractivity contribution in [2.24, 2.45) is 0 Å². The van der Waals surface area contributed by atoms with E-state index in [1.807, 2.05) is 13.8 Å². The molecule has 0 radical (unpaired) electrons. The lowest BCUT2D eigenvalue weighted by Gasteiger charge is -2.08. The fourth-order valence-electron chi connectivity index (χ4n) is 1.72. The maximum absolute atomic E-state index is 12.1. The largest absolute Gasteiger partial charge is 0.477 e. The third kappa shape index (κ3) is 3.74. The summed E-state index contributed by atoms with van der Waals surface area (Å²) < 4.78 is 12.1. The van der Waals surface area contributed by atoms with Gasteiger partial charge < -0.3 is 9.47 Å². The van der Waals surface area contributed by atoms with Crippen LogP contribution in [0.15, 0.2) is 18.3 Å². The van der Waals surface area contributed by atoms with E-state index in [-0.39, 0.29) is 18.1 Å². The van der Waals surface area contributed by atoms with Crippen molar-refractivity contribution in [1.29, 1.82) is 0 Å². The monoisotopic (exact) mass is 291 g/mol. The van der Waals surface area contributed by atoms with Gasteiger partial charge in [0.15, 0.2) is 12.4 Å². The first-order valence-corrected chi connectivity index (χ1v) is 6.76. The van der Waals surface area contributed by atoms with E-state index in [9.17, 15) is 4.79 Å². The maximum atomic E-state index is 12.1. The zero-order chi connectivity index (χ0) is 15.1. The van der Waals surface area contributed by atoms with Gasteiger partial charge in [0, 0.05) is 12.7 Å². The van der Waals surface area contributed by atoms with Gasteiger partial charge in [0.25, 0.3) is 0 Å². The van der Waals surface area contributed by atoms with E-state index >= 15 is 0 Å². The predicted molar refractivity (Wildman–Crippen MR) is 72.6 cm³/mol. The molecule has 0 aliphatic heterocycles. The average molecular weight is 291 g/mol. The van der Waals surface area contributed by atoms with Gasteiger partial charge in [-0.15, -0.1) is 5.10 Å². The normalized spacial score (nSPS) is 10.4. The van der Waals surface area contributed by atoms with Crippen molar-refractivity contribution in [2.45, 2.75) is 33.4 Å². The molecular weight excluding hydrogens is 274 g/mol. The Labute approximate surface area is 122 Å². The summed E-state index contributed by atoms with van der Waals surface area (Å²) in [7, 11) is 0. The number of ether oxygens (including phenoxy) is 2. The first kappa shape index (κ1) is 14.9. The number of carbonyl (C=O) groups is 1. The second kappa shape index (κ2) is 7.32. The van der Waals surface area contributed by atoms with Crippen LogP contribution >= 0.6 is 0 Å². The van der Waals surface area contributed by atoms with Gasteiger partial charge in [0.1, 0.15) is 5.56 Å². The van der Waals surface area contributed by atoms with Crippen LogP contribution in [0.1, 0.15) is 36.5 Å². The molecule has 21 heavy (non-hydrogen) atoms. The third-order valence-corrected chi connectivity index (χ3v) is 2.65. The highest BCUT2D eigenvalue weighted by Crippen LogP contribution is 2.16. The van der Waals surface area contributed by atoms with Crippen LogP contribution in [0, 0.1) is 0 Å². The van der Waals surface area contributed by atoms with Crippen molar-refractivity contribution >= 4 is 5.97 Å². The van der Waals surface area contributed by atoms with Gasteiger partial charge in [0.05, 0.1) is 6.61 Å². The topological polar surface area (TPSA) is 92.0 Å². The van der Waals surface area contributed by atoms with Crippen LogP contribution in [-0.2, 0) is 17.9 Å². The smallest absolute Gasteiger partial charge is 0.344 e. The van der Waals surface area contributed by atoms with Crippen LogP contribution in [-0.4, -0.2) is 37.8 Å². The second-order valence-electron chi connectivity index (χ2n) is 4.18. The number of carbonyl (C=O) groups excluding carboxylic acids is 1. The molecule has 0 saturated carbocycles. The van der Waals surface area contributed by atoms with Crippen molar-refractivity contribution in [2.75, 3.05) is 6.61 Å². The van der Waals surface area contributed by atoms with Crippen molar-refractivity contribution in [1.82, 2.24) is 25.2 Å². The number of tetrazole rings is 1. The van der Waals surface area contributed by atoms with Crippen molar-refractivity contribution in [3.05, 3.63) is 29.7 Å². The molecule has 0 N–H and O–H groups in total. The maximum Gasteiger partial charge on any atom is 0.344 e. The van der Waals surface area contributed by atoms with Crippen LogP contribution in [0.2, 0.25) is 0 Å². The first-order valence-electron chi connectivity index (χ1n) is 6.76. The average Bonchev–Trinajstić information content (AvgIpc) is 2.93. The van der Waals surface area contributed by atoms with E-state index in [0.29, 0.717) is 19.0 Å². The van der Waals surface area contributed by atoms with Crippen molar-refractivity contribution in [3.63, 3.8) is 0 Å². The van der Waals surface area contributed by atoms with Crippen molar-refractivity contribution in [3.8, 4) is 5.88 Å². The molecule has 0 aromatic carbocycles. The Hall–Kier alpha value is -2.51. The molecule has 2 aromatic rings. The Morgan fingerprint density at radius 2 is 2.24 bits per heavy atom. The molecule has 0 fully saturated rings. The standard InChI is InChI=1S/C13H17N5O3/c1-3-8-18-11(15-16-17-18)9-21-13(19)10-6-5-7-14-12(10)20-4-2/h5-7H,3-4,8-9H2,1-2H3. The minimum absolute atomic E-state index is 0.00624. The lowest BCUT2D eigenvalue weighted by Crippen LogP contribution is -2.12. The van der Waals surface area contributed by atoms with Gasteiger partial charge in [-0.3, -0.25) is 0 Å². The van der Waals surface area contributed by atoms with E-state index in [4.69, 9.17) is 9.47 Å². The summed E-state index contributed by atoms with van der Waals surface area (Å²) in [5, 5.41) is 11.2. The van der Waals surface area contributed by atoms with Crippen LogP contribution in [0.5, 0.6) is 5.88 Å². The molecule has 0 atom stereocenters. The Bertz CT molecular complexity index is 599. The van der Waals surface area contributed by atoms with Gasteiger partial charge in [-0.05, 0) is 35.9 Å². The van der Waals surface area contributed by atoms with Crippen molar-refractivity contribution < 1.29 is 14.3 Å². The molecule has 2 heterocycles. The van der Waals surface area contributed by atoms with Crippen LogP contribution < -0.4 is 4.74 Å². The van der Waals surface area contributed by atoms with Gasteiger partial charge in [0.2, 0.25) is 5.88 Å². The lowest BCUT2D eigenvalue weighted by molar-refractivity contribution is 0.0451. The third-order valence-electron chi connectivity index (χ3n) is 2.65. The van der Waals surface area contributed by atoms with Gasteiger partial charge in [-0.25, -0.2) is 14.5 Å². The minimum atomic E-state index is -0.516. The number of aromatic nitrogens is 5.